The van der Waals surface area contributed by atoms with E-state index in [0.29, 0.717) is 5.75 Å². The second-order valence-electron chi connectivity index (χ2n) is 6.84. The van der Waals surface area contributed by atoms with E-state index < -0.39 is 0 Å². The molecule has 1 N–H and O–H groups in total. The first-order valence-electron chi connectivity index (χ1n) is 8.80. The fourth-order valence-corrected chi connectivity index (χ4v) is 4.13. The first-order chi connectivity index (χ1) is 12.9. The fraction of sp³-hybridized carbons (Fsp3) is 0.182. The van der Waals surface area contributed by atoms with Crippen LogP contribution in [0, 0.1) is 20.8 Å². The normalized spacial score (nSPS) is 12.1. The summed E-state index contributed by atoms with van der Waals surface area (Å²) in [6.45, 7) is 5.84. The maximum atomic E-state index is 10.1. The van der Waals surface area contributed by atoms with E-state index in [2.05, 4.69) is 22.1 Å². The Morgan fingerprint density at radius 1 is 1.07 bits per heavy atom. The summed E-state index contributed by atoms with van der Waals surface area (Å²) in [7, 11) is 2.03. The highest BCUT2D eigenvalue weighted by molar-refractivity contribution is 7.11. The van der Waals surface area contributed by atoms with Crippen LogP contribution in [0.1, 0.15) is 33.2 Å². The summed E-state index contributed by atoms with van der Waals surface area (Å²) in [5.41, 5.74) is 6.78. The summed E-state index contributed by atoms with van der Waals surface area (Å²) in [6, 6.07) is 12.1. The van der Waals surface area contributed by atoms with Crippen molar-refractivity contribution in [3.8, 4) is 5.75 Å². The Kier molecular flexibility index (Phi) is 4.32. The molecule has 2 aromatic heterocycles. The zero-order valence-electron chi connectivity index (χ0n) is 15.8. The van der Waals surface area contributed by atoms with Gasteiger partial charge in [0, 0.05) is 18.1 Å². The largest absolute Gasteiger partial charge is 0.507 e. The quantitative estimate of drug-likeness (QED) is 0.532. The third-order valence-electron chi connectivity index (χ3n) is 4.70. The number of phenols is 1. The Bertz CT molecular complexity index is 1160. The molecule has 4 aromatic rings. The molecule has 0 radical (unpaired) electrons. The molecule has 27 heavy (non-hydrogen) atoms. The smallest absolute Gasteiger partial charge is 0.143 e. The van der Waals surface area contributed by atoms with Crippen molar-refractivity contribution >= 4 is 34.0 Å². The molecule has 0 spiro atoms. The van der Waals surface area contributed by atoms with Crippen molar-refractivity contribution in [2.45, 2.75) is 20.8 Å². The fourth-order valence-electron chi connectivity index (χ4n) is 3.33. The van der Waals surface area contributed by atoms with Crippen LogP contribution >= 0.6 is 11.3 Å². The zero-order valence-corrected chi connectivity index (χ0v) is 16.6. The summed E-state index contributed by atoms with van der Waals surface area (Å²) in [4.78, 5) is 9.57. The Labute approximate surface area is 162 Å². The van der Waals surface area contributed by atoms with E-state index in [1.165, 1.54) is 0 Å². The maximum absolute atomic E-state index is 10.1. The predicted octanol–water partition coefficient (Wildman–Crippen LogP) is 5.25. The number of rotatable bonds is 3. The number of imidazole rings is 1. The summed E-state index contributed by atoms with van der Waals surface area (Å²) >= 11 is 1.62. The van der Waals surface area contributed by atoms with E-state index in [4.69, 9.17) is 9.97 Å². The minimum atomic E-state index is 0.349. The molecule has 4 nitrogen and oxygen atoms in total. The van der Waals surface area contributed by atoms with Gasteiger partial charge < -0.3 is 9.67 Å². The molecule has 2 aromatic carbocycles. The van der Waals surface area contributed by atoms with Gasteiger partial charge in [-0.05, 0) is 67.8 Å². The predicted molar refractivity (Wildman–Crippen MR) is 112 cm³/mol. The molecule has 0 bridgehead atoms. The van der Waals surface area contributed by atoms with Gasteiger partial charge >= 0.3 is 0 Å². The number of para-hydroxylation sites is 2. The molecule has 0 aliphatic rings. The number of phenolic OH excluding ortho intramolecular Hbond substituents is 1. The summed E-state index contributed by atoms with van der Waals surface area (Å²) in [5, 5.41) is 13.1. The molecule has 4 rings (SSSR count). The van der Waals surface area contributed by atoms with E-state index in [1.54, 1.807) is 11.3 Å². The molecule has 0 amide bonds. The summed E-state index contributed by atoms with van der Waals surface area (Å²) in [6.07, 6.45) is 2.11. The number of aryl methyl sites for hydroxylation is 4. The number of fused-ring (bicyclic) bond motifs is 1. The lowest BCUT2D eigenvalue weighted by molar-refractivity contribution is 0.467. The Balaban J connectivity index is 1.96. The summed E-state index contributed by atoms with van der Waals surface area (Å²) < 4.78 is 2.11. The van der Waals surface area contributed by atoms with E-state index in [1.807, 2.05) is 58.2 Å². The molecular weight excluding hydrogens is 354 g/mol. The monoisotopic (exact) mass is 375 g/mol. The number of benzene rings is 2. The van der Waals surface area contributed by atoms with Gasteiger partial charge in [-0.1, -0.05) is 12.1 Å². The van der Waals surface area contributed by atoms with Crippen molar-refractivity contribution in [1.82, 2.24) is 14.5 Å². The molecule has 5 heteroatoms. The van der Waals surface area contributed by atoms with Crippen LogP contribution in [0.25, 0.3) is 22.7 Å². The van der Waals surface area contributed by atoms with E-state index >= 15 is 0 Å². The highest BCUT2D eigenvalue weighted by Crippen LogP contribution is 2.32. The lowest BCUT2D eigenvalue weighted by Gasteiger charge is -2.08. The van der Waals surface area contributed by atoms with Crippen molar-refractivity contribution in [3.05, 3.63) is 75.0 Å². The van der Waals surface area contributed by atoms with E-state index in [-0.39, 0.29) is 0 Å². The standard InChI is InChI=1S/C22H21N3OS/c1-13-9-16(10-14(2)20(13)26)11-17(22-23-15(3)12-27-22)21-24-18-7-5-6-8-19(18)25(21)4/h5-12,26H,1-4H3/b17-11-. The molecule has 0 aliphatic carbocycles. The molecule has 0 fully saturated rings. The van der Waals surface area contributed by atoms with Gasteiger partial charge in [0.15, 0.2) is 0 Å². The van der Waals surface area contributed by atoms with Crippen molar-refractivity contribution in [2.24, 2.45) is 7.05 Å². The molecule has 2 heterocycles. The number of aromatic nitrogens is 3. The second-order valence-corrected chi connectivity index (χ2v) is 7.70. The van der Waals surface area contributed by atoms with E-state index in [0.717, 1.165) is 49.8 Å². The molecule has 0 unspecified atom stereocenters. The minimum Gasteiger partial charge on any atom is -0.507 e. The number of thiazole rings is 1. The summed E-state index contributed by atoms with van der Waals surface area (Å²) in [5.74, 6) is 1.23. The van der Waals surface area contributed by atoms with Crippen LogP contribution in [0.2, 0.25) is 0 Å². The molecule has 0 saturated carbocycles. The van der Waals surface area contributed by atoms with Gasteiger partial charge in [-0.2, -0.15) is 0 Å². The Hall–Kier alpha value is -2.92. The number of aromatic hydroxyl groups is 1. The first kappa shape index (κ1) is 17.5. The van der Waals surface area contributed by atoms with Crippen molar-refractivity contribution < 1.29 is 5.11 Å². The van der Waals surface area contributed by atoms with Crippen molar-refractivity contribution in [2.75, 3.05) is 0 Å². The molecule has 136 valence electrons. The van der Waals surface area contributed by atoms with Gasteiger partial charge in [0.1, 0.15) is 16.6 Å². The Morgan fingerprint density at radius 3 is 2.41 bits per heavy atom. The van der Waals surface area contributed by atoms with Gasteiger partial charge in [-0.25, -0.2) is 9.97 Å². The highest BCUT2D eigenvalue weighted by atomic mass is 32.1. The minimum absolute atomic E-state index is 0.349. The highest BCUT2D eigenvalue weighted by Gasteiger charge is 2.17. The average Bonchev–Trinajstić information content (AvgIpc) is 3.22. The van der Waals surface area contributed by atoms with Gasteiger partial charge in [0.05, 0.1) is 16.6 Å². The SMILES string of the molecule is Cc1csc(/C(=C\c2cc(C)c(O)c(C)c2)c2nc3ccccc3n2C)n1. The molecule has 0 aliphatic heterocycles. The van der Waals surface area contributed by atoms with Gasteiger partial charge in [0.25, 0.3) is 0 Å². The van der Waals surface area contributed by atoms with Gasteiger partial charge in [0.2, 0.25) is 0 Å². The topological polar surface area (TPSA) is 50.9 Å². The number of hydrogen-bond donors (Lipinski definition) is 1. The lowest BCUT2D eigenvalue weighted by Crippen LogP contribution is -1.99. The van der Waals surface area contributed by atoms with Crippen LogP contribution in [0.4, 0.5) is 0 Å². The third-order valence-corrected chi connectivity index (χ3v) is 5.70. The van der Waals surface area contributed by atoms with Crippen LogP contribution in [-0.4, -0.2) is 19.6 Å². The van der Waals surface area contributed by atoms with Crippen LogP contribution in [0.5, 0.6) is 5.75 Å². The van der Waals surface area contributed by atoms with Gasteiger partial charge in [-0.3, -0.25) is 0 Å². The van der Waals surface area contributed by atoms with Crippen molar-refractivity contribution in [3.63, 3.8) is 0 Å². The van der Waals surface area contributed by atoms with E-state index in [9.17, 15) is 5.11 Å². The Morgan fingerprint density at radius 2 is 1.78 bits per heavy atom. The number of nitrogens with zero attached hydrogens (tertiary/aromatic N) is 3. The zero-order chi connectivity index (χ0) is 19.1. The van der Waals surface area contributed by atoms with Crippen molar-refractivity contribution in [1.29, 1.82) is 0 Å². The molecular formula is C22H21N3OS. The lowest BCUT2D eigenvalue weighted by atomic mass is 10.0. The maximum Gasteiger partial charge on any atom is 0.143 e. The van der Waals surface area contributed by atoms with Crippen LogP contribution in [0.15, 0.2) is 41.8 Å². The number of hydrogen-bond acceptors (Lipinski definition) is 4. The van der Waals surface area contributed by atoms with Crippen LogP contribution in [0.3, 0.4) is 0 Å². The molecule has 0 atom stereocenters. The third kappa shape index (κ3) is 3.15. The average molecular weight is 375 g/mol. The molecule has 0 saturated heterocycles. The van der Waals surface area contributed by atoms with Gasteiger partial charge in [-0.15, -0.1) is 11.3 Å². The second kappa shape index (κ2) is 6.67. The first-order valence-corrected chi connectivity index (χ1v) is 9.68. The van der Waals surface area contributed by atoms with Crippen LogP contribution < -0.4 is 0 Å². The van der Waals surface area contributed by atoms with Crippen LogP contribution in [-0.2, 0) is 7.05 Å².